The molecule has 1 saturated carbocycles. The quantitative estimate of drug-likeness (QED) is 0.126. The number of aromatic nitrogens is 1. The first-order valence-electron chi connectivity index (χ1n) is 20.3. The number of fused-ring (bicyclic) bond motifs is 11. The van der Waals surface area contributed by atoms with Crippen LogP contribution in [-0.2, 0) is 22.4 Å². The van der Waals surface area contributed by atoms with E-state index in [1.54, 1.807) is 24.3 Å². The zero-order valence-electron chi connectivity index (χ0n) is 32.5. The van der Waals surface area contributed by atoms with E-state index in [0.717, 1.165) is 58.8 Å². The van der Waals surface area contributed by atoms with Gasteiger partial charge in [0.2, 0.25) is 6.29 Å². The van der Waals surface area contributed by atoms with Gasteiger partial charge < -0.3 is 54.4 Å². The van der Waals surface area contributed by atoms with Gasteiger partial charge in [0.25, 0.3) is 5.91 Å². The Kier molecular flexibility index (Phi) is 9.31. The van der Waals surface area contributed by atoms with Crippen molar-refractivity contribution < 1.29 is 54.1 Å². The molecule has 2 bridgehead atoms. The normalized spacial score (nSPS) is 29.3. The largest absolute Gasteiger partial charge is 0.506 e. The number of nitrogens with zero attached hydrogens (tertiary/aromatic N) is 1. The molecule has 1 saturated heterocycles. The van der Waals surface area contributed by atoms with E-state index in [0.29, 0.717) is 34.6 Å². The molecular weight excluding hydrogens is 757 g/mol. The first-order valence-corrected chi connectivity index (χ1v) is 20.3. The van der Waals surface area contributed by atoms with Gasteiger partial charge in [-0.25, -0.2) is 0 Å². The number of para-hydroxylation sites is 1. The molecule has 306 valence electrons. The third kappa shape index (κ3) is 5.89. The smallest absolute Gasteiger partial charge is 0.254 e. The highest BCUT2D eigenvalue weighted by molar-refractivity contribution is 6.13. The number of methoxy groups -OCH3 is 1. The van der Waals surface area contributed by atoms with E-state index in [1.807, 2.05) is 48.7 Å². The van der Waals surface area contributed by atoms with Crippen molar-refractivity contribution in [2.75, 3.05) is 26.9 Å². The number of aryl methyl sites for hydroxylation is 1. The number of nitrogens with one attached hydrogen (secondary N) is 1. The molecule has 2 aliphatic carbocycles. The van der Waals surface area contributed by atoms with Crippen LogP contribution in [0.15, 0.2) is 66.9 Å². The number of aromatic amines is 1. The Morgan fingerprint density at radius 3 is 2.69 bits per heavy atom. The highest BCUT2D eigenvalue weighted by atomic mass is 16.7. The zero-order valence-corrected chi connectivity index (χ0v) is 32.5. The molecule has 6 N–H and O–H groups in total. The lowest BCUT2D eigenvalue weighted by atomic mass is 9.72. The molecule has 10 rings (SSSR count). The van der Waals surface area contributed by atoms with Crippen LogP contribution in [0, 0.1) is 5.92 Å². The molecule has 5 aliphatic rings. The second kappa shape index (κ2) is 14.5. The van der Waals surface area contributed by atoms with Gasteiger partial charge in [-0.1, -0.05) is 48.9 Å². The van der Waals surface area contributed by atoms with Gasteiger partial charge in [-0.15, -0.1) is 0 Å². The molecular formula is C46H46N2O11. The van der Waals surface area contributed by atoms with E-state index in [-0.39, 0.29) is 54.0 Å². The fraction of sp³-hybridized carbons (Fsp3) is 0.391. The predicted octanol–water partition coefficient (Wildman–Crippen LogP) is 5.04. The predicted molar refractivity (Wildman–Crippen MR) is 215 cm³/mol. The molecule has 13 heteroatoms. The number of aromatic hydroxyl groups is 1. The molecule has 0 unspecified atom stereocenters. The summed E-state index contributed by atoms with van der Waals surface area (Å²) in [5.41, 5.74) is 2.52. The van der Waals surface area contributed by atoms with Crippen LogP contribution in [0.2, 0.25) is 0 Å². The van der Waals surface area contributed by atoms with E-state index in [2.05, 4.69) is 4.98 Å². The molecule has 5 aromatic rings. The Labute approximate surface area is 339 Å². The minimum absolute atomic E-state index is 0.0103. The number of Topliss-reactive ketones (excluding diaryl/α,β-unsaturated/α-hetero) is 1. The van der Waals surface area contributed by atoms with Gasteiger partial charge in [0.15, 0.2) is 11.4 Å². The summed E-state index contributed by atoms with van der Waals surface area (Å²) in [5, 5.41) is 59.4. The lowest BCUT2D eigenvalue weighted by Gasteiger charge is -2.47. The second-order valence-electron chi connectivity index (χ2n) is 16.5. The van der Waals surface area contributed by atoms with Crippen molar-refractivity contribution in [2.24, 2.45) is 5.92 Å². The maximum Gasteiger partial charge on any atom is 0.254 e. The molecule has 4 aromatic carbocycles. The van der Waals surface area contributed by atoms with Gasteiger partial charge in [0, 0.05) is 34.8 Å². The highest BCUT2D eigenvalue weighted by Crippen LogP contribution is 2.55. The van der Waals surface area contributed by atoms with Crippen molar-refractivity contribution in [3.05, 3.63) is 106 Å². The number of ether oxygens (including phenoxy) is 4. The number of ketones is 1. The number of hydrogen-bond donors (Lipinski definition) is 6. The second-order valence-corrected chi connectivity index (χ2v) is 16.5. The van der Waals surface area contributed by atoms with Crippen molar-refractivity contribution in [1.29, 1.82) is 0 Å². The van der Waals surface area contributed by atoms with E-state index in [4.69, 9.17) is 18.9 Å². The van der Waals surface area contributed by atoms with Crippen LogP contribution in [0.25, 0.3) is 27.8 Å². The van der Waals surface area contributed by atoms with Gasteiger partial charge in [-0.2, -0.15) is 0 Å². The SMILES string of the molecule is COc1cc2c3c(c(C(=O)CN4Cc5ccccc5C4=O)c(O)c2c2c1/C=C/[C@H](c1c[nH]c4ccccc14)OC[C@H]1O[C@H](O2)[C@@](O)(CO)[C@@H](O)[C@@H]1O)[C@@H]1CCC[C@@H]1CC3. The summed E-state index contributed by atoms with van der Waals surface area (Å²) in [4.78, 5) is 33.2. The van der Waals surface area contributed by atoms with Crippen LogP contribution >= 0.6 is 0 Å². The van der Waals surface area contributed by atoms with E-state index in [9.17, 15) is 35.1 Å². The molecule has 3 aliphatic heterocycles. The number of aliphatic hydroxyl groups excluding tert-OH is 3. The van der Waals surface area contributed by atoms with E-state index in [1.165, 1.54) is 12.0 Å². The molecule has 0 spiro atoms. The molecule has 13 nitrogen and oxygen atoms in total. The Morgan fingerprint density at radius 1 is 1.07 bits per heavy atom. The van der Waals surface area contributed by atoms with Crippen molar-refractivity contribution in [3.63, 3.8) is 0 Å². The first-order chi connectivity index (χ1) is 28.6. The van der Waals surface area contributed by atoms with E-state index < -0.39 is 48.7 Å². The molecule has 1 amide bonds. The number of hydrogen-bond acceptors (Lipinski definition) is 11. The van der Waals surface area contributed by atoms with Crippen LogP contribution in [0.4, 0.5) is 0 Å². The summed E-state index contributed by atoms with van der Waals surface area (Å²) in [5.74, 6) is -0.389. The van der Waals surface area contributed by atoms with Crippen LogP contribution in [0.3, 0.4) is 0 Å². The van der Waals surface area contributed by atoms with Crippen molar-refractivity contribution >= 4 is 39.4 Å². The maximum atomic E-state index is 14.9. The Morgan fingerprint density at radius 2 is 1.88 bits per heavy atom. The monoisotopic (exact) mass is 802 g/mol. The van der Waals surface area contributed by atoms with Gasteiger partial charge in [0.1, 0.15) is 41.7 Å². The summed E-state index contributed by atoms with van der Waals surface area (Å²) < 4.78 is 25.3. The fourth-order valence-corrected chi connectivity index (χ4v) is 10.4. The Balaban J connectivity index is 1.20. The summed E-state index contributed by atoms with van der Waals surface area (Å²) >= 11 is 0. The van der Waals surface area contributed by atoms with Crippen LogP contribution in [0.5, 0.6) is 17.2 Å². The van der Waals surface area contributed by atoms with E-state index >= 15 is 0 Å². The van der Waals surface area contributed by atoms with Crippen molar-refractivity contribution in [1.82, 2.24) is 9.88 Å². The molecule has 0 radical (unpaired) electrons. The van der Waals surface area contributed by atoms with Gasteiger partial charge >= 0.3 is 0 Å². The third-order valence-electron chi connectivity index (χ3n) is 13.4. The fourth-order valence-electron chi connectivity index (χ4n) is 10.4. The average Bonchev–Trinajstić information content (AvgIpc) is 3.98. The highest BCUT2D eigenvalue weighted by Gasteiger charge is 2.57. The summed E-state index contributed by atoms with van der Waals surface area (Å²) in [7, 11) is 1.51. The number of amides is 1. The Hall–Kier alpha value is -5.28. The summed E-state index contributed by atoms with van der Waals surface area (Å²) in [6, 6.07) is 16.8. The van der Waals surface area contributed by atoms with Gasteiger partial charge in [0.05, 0.1) is 43.4 Å². The summed E-state index contributed by atoms with van der Waals surface area (Å²) in [6.45, 7) is -1.31. The van der Waals surface area contributed by atoms with Gasteiger partial charge in [-0.3, -0.25) is 9.59 Å². The lowest BCUT2D eigenvalue weighted by Crippen LogP contribution is -2.69. The summed E-state index contributed by atoms with van der Waals surface area (Å²) in [6.07, 6.45) is 2.20. The molecule has 1 aromatic heterocycles. The molecule has 4 heterocycles. The number of rotatable bonds is 6. The number of aliphatic hydroxyl groups is 4. The maximum absolute atomic E-state index is 14.9. The number of benzene rings is 4. The first kappa shape index (κ1) is 38.0. The number of carbonyl (C=O) groups is 2. The zero-order chi connectivity index (χ0) is 40.7. The molecule has 8 atom stereocenters. The van der Waals surface area contributed by atoms with Crippen LogP contribution in [-0.4, -0.2) is 104 Å². The van der Waals surface area contributed by atoms with Crippen molar-refractivity contribution in [2.45, 2.75) is 80.9 Å². The van der Waals surface area contributed by atoms with Gasteiger partial charge in [-0.05, 0) is 83.9 Å². The minimum Gasteiger partial charge on any atom is -0.506 e. The average molecular weight is 803 g/mol. The van der Waals surface area contributed by atoms with Crippen LogP contribution in [0.1, 0.15) is 86.2 Å². The minimum atomic E-state index is -2.54. The standard InChI is InChI=1S/C46H46N2O11/c1-56-35-17-30-28-14-13-23-8-6-11-25(23)37(28)39(33(50)20-48-19-24-7-2-3-9-26(24)44(48)54)41(52)38(30)42-29(35)15-16-34(31-18-47-32-12-5-4-10-27(31)32)57-21-36-40(51)43(53)46(55,22-49)45(58-36)59-42/h2-5,7,9-10,12,15-18,23,25,34,36,40,43,45,47,49,51-53,55H,6,8,11,13-14,19-22H2,1H3/b16-15+/t23-,25-,34-,36-,40-,43+,45-,46-/m1/s1. The third-order valence-corrected chi connectivity index (χ3v) is 13.4. The lowest BCUT2D eigenvalue weighted by molar-refractivity contribution is -0.329. The van der Waals surface area contributed by atoms with Crippen LogP contribution < -0.4 is 9.47 Å². The number of H-pyrrole nitrogens is 1. The molecule has 2 fully saturated rings. The number of phenols is 1. The number of phenolic OH excluding ortho intramolecular Hbond substituents is 1. The number of carbonyl (C=O) groups excluding carboxylic acids is 2. The van der Waals surface area contributed by atoms with Crippen molar-refractivity contribution in [3.8, 4) is 17.2 Å². The molecule has 59 heavy (non-hydrogen) atoms. The Bertz CT molecular complexity index is 2550. The topological polar surface area (TPSA) is 191 Å².